The molecule has 1 aliphatic rings. The van der Waals surface area contributed by atoms with Crippen LogP contribution in [0.4, 0.5) is 4.79 Å². The lowest BCUT2D eigenvalue weighted by Crippen LogP contribution is -2.67. The lowest BCUT2D eigenvalue weighted by Gasteiger charge is -2.43. The van der Waals surface area contributed by atoms with E-state index >= 15 is 0 Å². The van der Waals surface area contributed by atoms with E-state index in [-0.39, 0.29) is 0 Å². The molecule has 0 aliphatic carbocycles. The van der Waals surface area contributed by atoms with Crippen LogP contribution in [0.3, 0.4) is 0 Å². The Morgan fingerprint density at radius 2 is 2.00 bits per heavy atom. The Bertz CT molecular complexity index is 319. The number of rotatable bonds is 2. The number of carbonyl (C=O) groups is 2. The smallest absolute Gasteiger partial charge is 0.417 e. The van der Waals surface area contributed by atoms with Gasteiger partial charge in [-0.25, -0.2) is 9.69 Å². The number of carbonyl (C=O) groups excluding carboxylic acids is 2. The summed E-state index contributed by atoms with van der Waals surface area (Å²) in [5, 5.41) is 9.54. The Morgan fingerprint density at radius 1 is 1.47 bits per heavy atom. The zero-order valence-electron chi connectivity index (χ0n) is 11.1. The van der Waals surface area contributed by atoms with Crippen LogP contribution in [-0.4, -0.2) is 39.8 Å². The summed E-state index contributed by atoms with van der Waals surface area (Å²) in [6.07, 6.45) is -1.14. The highest BCUT2D eigenvalue weighted by Gasteiger charge is 2.51. The molecule has 98 valence electrons. The van der Waals surface area contributed by atoms with E-state index in [0.717, 1.165) is 4.90 Å². The summed E-state index contributed by atoms with van der Waals surface area (Å²) in [6.45, 7) is 9.17. The average Bonchev–Trinajstić information content (AvgIpc) is 2.12. The molecule has 5 nitrogen and oxygen atoms in total. The number of β-lactam (4-membered cyclic amide) rings is 1. The van der Waals surface area contributed by atoms with Crippen molar-refractivity contribution < 1.29 is 19.4 Å². The maximum atomic E-state index is 11.8. The standard InChI is InChI=1S/C12H21NO4/c1-7(2)6-8-9(14)10(15)13(8)11(16)17-12(3,4)5/h7-9,14H,6H2,1-5H3/t8-,9+/m0/s1. The van der Waals surface area contributed by atoms with Crippen LogP contribution in [0.2, 0.25) is 0 Å². The number of imide groups is 1. The van der Waals surface area contributed by atoms with Crippen molar-refractivity contribution in [3.05, 3.63) is 0 Å². The fraction of sp³-hybridized carbons (Fsp3) is 0.833. The van der Waals surface area contributed by atoms with Gasteiger partial charge in [0.15, 0.2) is 6.10 Å². The molecule has 0 aromatic heterocycles. The number of aliphatic hydroxyl groups is 1. The number of ether oxygens (including phenoxy) is 1. The maximum absolute atomic E-state index is 11.8. The largest absolute Gasteiger partial charge is 0.443 e. The molecular formula is C12H21NO4. The second-order valence-corrected chi connectivity index (χ2v) is 5.83. The maximum Gasteiger partial charge on any atom is 0.417 e. The zero-order chi connectivity index (χ0) is 13.4. The second kappa shape index (κ2) is 4.64. The molecule has 0 bridgehead atoms. The van der Waals surface area contributed by atoms with Gasteiger partial charge in [-0.2, -0.15) is 0 Å². The van der Waals surface area contributed by atoms with E-state index in [1.165, 1.54) is 0 Å². The van der Waals surface area contributed by atoms with Crippen LogP contribution >= 0.6 is 0 Å². The van der Waals surface area contributed by atoms with Crippen LogP contribution in [-0.2, 0) is 9.53 Å². The van der Waals surface area contributed by atoms with E-state index in [0.29, 0.717) is 12.3 Å². The van der Waals surface area contributed by atoms with E-state index in [4.69, 9.17) is 4.74 Å². The second-order valence-electron chi connectivity index (χ2n) is 5.83. The van der Waals surface area contributed by atoms with E-state index in [1.807, 2.05) is 13.8 Å². The highest BCUT2D eigenvalue weighted by molar-refractivity contribution is 6.00. The number of amides is 2. The molecule has 1 heterocycles. The number of hydrogen-bond acceptors (Lipinski definition) is 4. The summed E-state index contributed by atoms with van der Waals surface area (Å²) in [6, 6.07) is -0.447. The molecule has 2 atom stereocenters. The van der Waals surface area contributed by atoms with Crippen LogP contribution in [0, 0.1) is 5.92 Å². The molecule has 1 saturated heterocycles. The van der Waals surface area contributed by atoms with Crippen LogP contribution in [0.1, 0.15) is 41.0 Å². The molecule has 0 spiro atoms. The number of aliphatic hydroxyl groups excluding tert-OH is 1. The highest BCUT2D eigenvalue weighted by Crippen LogP contribution is 2.28. The van der Waals surface area contributed by atoms with Crippen LogP contribution in [0.25, 0.3) is 0 Å². The van der Waals surface area contributed by atoms with Crippen molar-refractivity contribution in [1.82, 2.24) is 4.90 Å². The first-order valence-electron chi connectivity index (χ1n) is 5.87. The molecule has 0 aromatic rings. The Labute approximate surface area is 102 Å². The Hall–Kier alpha value is -1.10. The van der Waals surface area contributed by atoms with Crippen molar-refractivity contribution in [2.24, 2.45) is 5.92 Å². The lowest BCUT2D eigenvalue weighted by molar-refractivity contribution is -0.164. The highest BCUT2D eigenvalue weighted by atomic mass is 16.6. The van der Waals surface area contributed by atoms with Gasteiger partial charge < -0.3 is 9.84 Å². The van der Waals surface area contributed by atoms with Gasteiger partial charge in [-0.1, -0.05) is 13.8 Å². The molecule has 5 heteroatoms. The van der Waals surface area contributed by atoms with Crippen LogP contribution in [0.5, 0.6) is 0 Å². The Balaban J connectivity index is 2.68. The van der Waals surface area contributed by atoms with Gasteiger partial charge >= 0.3 is 6.09 Å². The fourth-order valence-electron chi connectivity index (χ4n) is 1.78. The van der Waals surface area contributed by atoms with Crippen molar-refractivity contribution >= 4 is 12.0 Å². The predicted octanol–water partition coefficient (Wildman–Crippen LogP) is 1.54. The summed E-state index contributed by atoms with van der Waals surface area (Å²) in [5.74, 6) is -0.266. The summed E-state index contributed by atoms with van der Waals surface area (Å²) in [5.41, 5.74) is -0.639. The molecule has 1 aliphatic heterocycles. The molecule has 0 unspecified atom stereocenters. The van der Waals surface area contributed by atoms with Gasteiger partial charge in [-0.15, -0.1) is 0 Å². The normalized spacial score (nSPS) is 24.9. The number of likely N-dealkylation sites (tertiary alicyclic amines) is 1. The molecule has 0 saturated carbocycles. The van der Waals surface area contributed by atoms with Crippen molar-refractivity contribution in [3.8, 4) is 0 Å². The minimum absolute atomic E-state index is 0.299. The van der Waals surface area contributed by atoms with Gasteiger partial charge in [0.05, 0.1) is 6.04 Å². The molecule has 17 heavy (non-hydrogen) atoms. The third kappa shape index (κ3) is 3.19. The zero-order valence-corrected chi connectivity index (χ0v) is 11.1. The van der Waals surface area contributed by atoms with Crippen LogP contribution in [0.15, 0.2) is 0 Å². The summed E-state index contributed by atoms with van der Waals surface area (Å²) in [7, 11) is 0. The van der Waals surface area contributed by atoms with Gasteiger partial charge in [0.1, 0.15) is 5.60 Å². The number of nitrogens with zero attached hydrogens (tertiary/aromatic N) is 1. The van der Waals surface area contributed by atoms with E-state index < -0.39 is 29.7 Å². The third-order valence-corrected chi connectivity index (χ3v) is 2.49. The quantitative estimate of drug-likeness (QED) is 0.747. The number of hydrogen-bond donors (Lipinski definition) is 1. The average molecular weight is 243 g/mol. The van der Waals surface area contributed by atoms with Gasteiger partial charge in [0.2, 0.25) is 0 Å². The summed E-state index contributed by atoms with van der Waals surface area (Å²) >= 11 is 0. The molecular weight excluding hydrogens is 222 g/mol. The van der Waals surface area contributed by atoms with Gasteiger partial charge in [-0.05, 0) is 33.1 Å². The lowest BCUT2D eigenvalue weighted by atomic mass is 9.90. The fourth-order valence-corrected chi connectivity index (χ4v) is 1.78. The van der Waals surface area contributed by atoms with Gasteiger partial charge in [0, 0.05) is 0 Å². The van der Waals surface area contributed by atoms with Crippen molar-refractivity contribution in [2.75, 3.05) is 0 Å². The Morgan fingerprint density at radius 3 is 2.41 bits per heavy atom. The SMILES string of the molecule is CC(C)C[C@H]1[C@@H](O)C(=O)N1C(=O)OC(C)(C)C. The van der Waals surface area contributed by atoms with E-state index in [1.54, 1.807) is 20.8 Å². The Kier molecular flexibility index (Phi) is 3.81. The topological polar surface area (TPSA) is 66.8 Å². The van der Waals surface area contributed by atoms with Crippen LogP contribution < -0.4 is 0 Å². The molecule has 0 radical (unpaired) electrons. The van der Waals surface area contributed by atoms with Gasteiger partial charge in [0.25, 0.3) is 5.91 Å². The van der Waals surface area contributed by atoms with Gasteiger partial charge in [-0.3, -0.25) is 4.79 Å². The van der Waals surface area contributed by atoms with E-state index in [9.17, 15) is 14.7 Å². The van der Waals surface area contributed by atoms with Crippen molar-refractivity contribution in [1.29, 1.82) is 0 Å². The molecule has 0 aromatic carbocycles. The molecule has 2 amide bonds. The van der Waals surface area contributed by atoms with Crippen molar-refractivity contribution in [2.45, 2.75) is 58.8 Å². The molecule has 1 rings (SSSR count). The predicted molar refractivity (Wildman–Crippen MR) is 62.3 cm³/mol. The summed E-state index contributed by atoms with van der Waals surface area (Å²) in [4.78, 5) is 24.2. The van der Waals surface area contributed by atoms with Crippen molar-refractivity contribution in [3.63, 3.8) is 0 Å². The molecule has 1 fully saturated rings. The first-order valence-corrected chi connectivity index (χ1v) is 5.87. The first kappa shape index (κ1) is 14.0. The first-order chi connectivity index (χ1) is 7.63. The third-order valence-electron chi connectivity index (χ3n) is 2.49. The monoisotopic (exact) mass is 243 g/mol. The molecule has 1 N–H and O–H groups in total. The summed E-state index contributed by atoms with van der Waals surface area (Å²) < 4.78 is 5.13. The minimum atomic E-state index is -1.06. The minimum Gasteiger partial charge on any atom is -0.443 e. The van der Waals surface area contributed by atoms with E-state index in [2.05, 4.69) is 0 Å².